The predicted molar refractivity (Wildman–Crippen MR) is 120 cm³/mol. The molecule has 3 aromatic rings. The standard InChI is InChI=1S/C22H24N4OS2/c1-14-7-5-11-18(15(14)2)24-21-25-26-22(29-21)28-13-20(27)23-19-12-6-9-16-8-3-4-10-17(16)19/h3-5,7-8,10-11,19H,6,9,12-13H2,1-2H3,(H,23,27)(H,24,25)/t19-/m0/s1. The molecule has 0 saturated heterocycles. The van der Waals surface area contributed by atoms with Crippen LogP contribution in [0.2, 0.25) is 0 Å². The van der Waals surface area contributed by atoms with Crippen molar-refractivity contribution in [2.75, 3.05) is 11.1 Å². The lowest BCUT2D eigenvalue weighted by Crippen LogP contribution is -2.32. The Balaban J connectivity index is 1.32. The van der Waals surface area contributed by atoms with E-state index in [4.69, 9.17) is 0 Å². The Kier molecular flexibility index (Phi) is 6.16. The number of nitrogens with one attached hydrogen (secondary N) is 2. The second-order valence-electron chi connectivity index (χ2n) is 7.25. The molecule has 1 aliphatic rings. The Morgan fingerprint density at radius 1 is 1.17 bits per heavy atom. The van der Waals surface area contributed by atoms with Crippen LogP contribution in [0.4, 0.5) is 10.8 Å². The Labute approximate surface area is 179 Å². The van der Waals surface area contributed by atoms with E-state index < -0.39 is 0 Å². The van der Waals surface area contributed by atoms with Gasteiger partial charge in [-0.2, -0.15) is 0 Å². The molecule has 29 heavy (non-hydrogen) atoms. The van der Waals surface area contributed by atoms with Crippen LogP contribution in [0, 0.1) is 13.8 Å². The number of amides is 1. The van der Waals surface area contributed by atoms with Crippen molar-refractivity contribution in [3.63, 3.8) is 0 Å². The maximum Gasteiger partial charge on any atom is 0.230 e. The molecule has 2 N–H and O–H groups in total. The van der Waals surface area contributed by atoms with E-state index in [1.807, 2.05) is 18.2 Å². The monoisotopic (exact) mass is 424 g/mol. The summed E-state index contributed by atoms with van der Waals surface area (Å²) in [5.41, 5.74) is 6.07. The van der Waals surface area contributed by atoms with Gasteiger partial charge in [-0.3, -0.25) is 4.79 Å². The van der Waals surface area contributed by atoms with Gasteiger partial charge >= 0.3 is 0 Å². The van der Waals surface area contributed by atoms with Crippen molar-refractivity contribution in [1.29, 1.82) is 0 Å². The number of carbonyl (C=O) groups excluding carboxylic acids is 1. The van der Waals surface area contributed by atoms with Gasteiger partial charge in [0.25, 0.3) is 0 Å². The number of aryl methyl sites for hydroxylation is 2. The van der Waals surface area contributed by atoms with E-state index in [0.717, 1.165) is 34.4 Å². The SMILES string of the molecule is Cc1cccc(Nc2nnc(SCC(=O)N[C@H]3CCCc4ccccc43)s2)c1C. The quantitative estimate of drug-likeness (QED) is 0.534. The Bertz CT molecular complexity index is 1020. The normalized spacial score (nSPS) is 15.6. The summed E-state index contributed by atoms with van der Waals surface area (Å²) in [5, 5.41) is 15.7. The van der Waals surface area contributed by atoms with Crippen LogP contribution in [0.25, 0.3) is 0 Å². The van der Waals surface area contributed by atoms with Crippen LogP contribution in [-0.4, -0.2) is 21.9 Å². The summed E-state index contributed by atoms with van der Waals surface area (Å²) >= 11 is 2.90. The molecule has 150 valence electrons. The van der Waals surface area contributed by atoms with Gasteiger partial charge in [0.15, 0.2) is 4.34 Å². The van der Waals surface area contributed by atoms with Crippen molar-refractivity contribution in [2.24, 2.45) is 0 Å². The highest BCUT2D eigenvalue weighted by Crippen LogP contribution is 2.31. The van der Waals surface area contributed by atoms with Crippen molar-refractivity contribution in [3.05, 3.63) is 64.7 Å². The van der Waals surface area contributed by atoms with E-state index >= 15 is 0 Å². The fraction of sp³-hybridized carbons (Fsp3) is 0.318. The number of fused-ring (bicyclic) bond motifs is 1. The van der Waals surface area contributed by atoms with Crippen molar-refractivity contribution in [2.45, 2.75) is 43.5 Å². The van der Waals surface area contributed by atoms with E-state index in [-0.39, 0.29) is 11.9 Å². The van der Waals surface area contributed by atoms with Crippen molar-refractivity contribution >= 4 is 39.8 Å². The number of hydrogen-bond acceptors (Lipinski definition) is 6. The van der Waals surface area contributed by atoms with Crippen LogP contribution < -0.4 is 10.6 Å². The van der Waals surface area contributed by atoms with Gasteiger partial charge in [-0.15, -0.1) is 10.2 Å². The molecule has 5 nitrogen and oxygen atoms in total. The highest BCUT2D eigenvalue weighted by Gasteiger charge is 2.21. The summed E-state index contributed by atoms with van der Waals surface area (Å²) in [6.45, 7) is 4.17. The average molecular weight is 425 g/mol. The maximum atomic E-state index is 12.5. The first-order valence-electron chi connectivity index (χ1n) is 9.77. The lowest BCUT2D eigenvalue weighted by Gasteiger charge is -2.26. The van der Waals surface area contributed by atoms with Gasteiger partial charge in [0.05, 0.1) is 11.8 Å². The zero-order valence-corrected chi connectivity index (χ0v) is 18.2. The molecular weight excluding hydrogens is 400 g/mol. The van der Waals surface area contributed by atoms with E-state index in [0.29, 0.717) is 5.75 Å². The largest absolute Gasteiger partial charge is 0.349 e. The minimum Gasteiger partial charge on any atom is -0.349 e. The molecule has 4 rings (SSSR count). The van der Waals surface area contributed by atoms with Crippen molar-refractivity contribution < 1.29 is 4.79 Å². The smallest absolute Gasteiger partial charge is 0.230 e. The van der Waals surface area contributed by atoms with E-state index in [1.54, 1.807) is 0 Å². The van der Waals surface area contributed by atoms with Gasteiger partial charge in [0.2, 0.25) is 11.0 Å². The molecule has 0 radical (unpaired) electrons. The van der Waals surface area contributed by atoms with Crippen LogP contribution in [0.15, 0.2) is 46.8 Å². The molecule has 0 saturated carbocycles. The van der Waals surface area contributed by atoms with Gasteiger partial charge in [0.1, 0.15) is 0 Å². The lowest BCUT2D eigenvalue weighted by atomic mass is 9.88. The molecule has 7 heteroatoms. The molecule has 1 aliphatic carbocycles. The number of rotatable bonds is 6. The Morgan fingerprint density at radius 3 is 2.93 bits per heavy atom. The first-order valence-corrected chi connectivity index (χ1v) is 11.6. The Morgan fingerprint density at radius 2 is 2.03 bits per heavy atom. The molecule has 0 spiro atoms. The number of anilines is 2. The molecule has 0 aliphatic heterocycles. The number of aromatic nitrogens is 2. The second kappa shape index (κ2) is 8.97. The van der Waals surface area contributed by atoms with Crippen molar-refractivity contribution in [3.8, 4) is 0 Å². The van der Waals surface area contributed by atoms with Gasteiger partial charge in [0, 0.05) is 5.69 Å². The van der Waals surface area contributed by atoms with E-state index in [9.17, 15) is 4.79 Å². The molecule has 0 bridgehead atoms. The Hall–Kier alpha value is -2.38. The molecular formula is C22H24N4OS2. The molecule has 1 atom stereocenters. The van der Waals surface area contributed by atoms with Crippen LogP contribution >= 0.6 is 23.1 Å². The number of benzene rings is 2. The number of hydrogen-bond donors (Lipinski definition) is 2. The predicted octanol–water partition coefficient (Wildman–Crippen LogP) is 5.18. The van der Waals surface area contributed by atoms with Crippen LogP contribution in [0.3, 0.4) is 0 Å². The van der Waals surface area contributed by atoms with Crippen molar-refractivity contribution in [1.82, 2.24) is 15.5 Å². The lowest BCUT2D eigenvalue weighted by molar-refractivity contribution is -0.119. The fourth-order valence-corrected chi connectivity index (χ4v) is 5.16. The first kappa shape index (κ1) is 19.9. The van der Waals surface area contributed by atoms with Crippen LogP contribution in [0.1, 0.15) is 41.1 Å². The van der Waals surface area contributed by atoms with Crippen LogP contribution in [0.5, 0.6) is 0 Å². The van der Waals surface area contributed by atoms with Crippen LogP contribution in [-0.2, 0) is 11.2 Å². The zero-order valence-electron chi connectivity index (χ0n) is 16.6. The van der Waals surface area contributed by atoms with Gasteiger partial charge < -0.3 is 10.6 Å². The van der Waals surface area contributed by atoms with E-state index in [2.05, 4.69) is 58.9 Å². The minimum absolute atomic E-state index is 0.0379. The molecule has 0 fully saturated rings. The molecule has 1 heterocycles. The highest BCUT2D eigenvalue weighted by atomic mass is 32.2. The van der Waals surface area contributed by atoms with Gasteiger partial charge in [-0.1, -0.05) is 59.5 Å². The third-order valence-corrected chi connectivity index (χ3v) is 7.26. The molecule has 1 amide bonds. The molecule has 0 unspecified atom stereocenters. The minimum atomic E-state index is 0.0379. The first-order chi connectivity index (χ1) is 14.1. The summed E-state index contributed by atoms with van der Waals surface area (Å²) in [7, 11) is 0. The van der Waals surface area contributed by atoms with Gasteiger partial charge in [-0.05, 0) is 61.4 Å². The summed E-state index contributed by atoms with van der Waals surface area (Å²) in [6.07, 6.45) is 3.20. The highest BCUT2D eigenvalue weighted by molar-refractivity contribution is 8.01. The fourth-order valence-electron chi connectivity index (χ4n) is 3.59. The second-order valence-corrected chi connectivity index (χ2v) is 9.45. The zero-order chi connectivity index (χ0) is 20.2. The number of thioether (sulfide) groups is 1. The number of carbonyl (C=O) groups is 1. The summed E-state index contributed by atoms with van der Waals surface area (Å²) in [5.74, 6) is 0.382. The average Bonchev–Trinajstić information content (AvgIpc) is 3.18. The summed E-state index contributed by atoms with van der Waals surface area (Å²) in [6, 6.07) is 14.7. The molecule has 2 aromatic carbocycles. The van der Waals surface area contributed by atoms with Gasteiger partial charge in [-0.25, -0.2) is 0 Å². The topological polar surface area (TPSA) is 66.9 Å². The summed E-state index contributed by atoms with van der Waals surface area (Å²) in [4.78, 5) is 12.5. The number of nitrogens with zero attached hydrogens (tertiary/aromatic N) is 2. The van der Waals surface area contributed by atoms with E-state index in [1.165, 1.54) is 45.4 Å². The maximum absolute atomic E-state index is 12.5. The third-order valence-electron chi connectivity index (χ3n) is 5.28. The third kappa shape index (κ3) is 4.79. The summed E-state index contributed by atoms with van der Waals surface area (Å²) < 4.78 is 0.789. The molecule has 1 aromatic heterocycles.